The Morgan fingerprint density at radius 3 is 1.47 bits per heavy atom. The zero-order valence-electron chi connectivity index (χ0n) is 39.6. The molecule has 10 heteroatoms. The minimum Gasteiger partial charge on any atom is -0.465 e. The number of H-pyrrole nitrogens is 1. The first kappa shape index (κ1) is 54.0. The molecule has 0 aliphatic heterocycles. The highest BCUT2D eigenvalue weighted by atomic mass is 16.6. The number of rotatable bonds is 32. The van der Waals surface area contributed by atoms with E-state index in [1.807, 2.05) is 24.3 Å². The van der Waals surface area contributed by atoms with E-state index >= 15 is 0 Å². The lowest BCUT2D eigenvalue weighted by Crippen LogP contribution is -2.27. The van der Waals surface area contributed by atoms with Crippen molar-refractivity contribution in [2.75, 3.05) is 12.3 Å². The van der Waals surface area contributed by atoms with E-state index in [1.54, 1.807) is 4.57 Å². The SMILES string of the molecule is C=C1[C@H](COC(=O)CC/C=C\C/C=C\C/C=C\C/C=C\C/C=C\C/C=C\CC)[C@@H](OC(=O)CC/C=C\C/C=C\C/C=C\C/C=C\C/C=C\C/C=C\CC)C[C@@H]1n1cnc2c(=O)[nH]c(N)nc21. The number of aromatic nitrogens is 4. The van der Waals surface area contributed by atoms with Crippen molar-refractivity contribution < 1.29 is 19.1 Å². The van der Waals surface area contributed by atoms with Crippen LogP contribution in [0.25, 0.3) is 11.2 Å². The summed E-state index contributed by atoms with van der Waals surface area (Å²) in [6.45, 7) is 8.63. The molecule has 3 atom stereocenters. The fourth-order valence-electron chi connectivity index (χ4n) is 6.99. The number of nitrogens with zero attached hydrogens (tertiary/aromatic N) is 3. The summed E-state index contributed by atoms with van der Waals surface area (Å²) in [6.07, 6.45) is 65.6. The van der Waals surface area contributed by atoms with Gasteiger partial charge < -0.3 is 19.8 Å². The Bertz CT molecular complexity index is 2170. The summed E-state index contributed by atoms with van der Waals surface area (Å²) in [4.78, 5) is 49.5. The maximum atomic E-state index is 13.1. The number of ether oxygens (including phenoxy) is 2. The number of nitrogens with one attached hydrogen (secondary N) is 1. The van der Waals surface area contributed by atoms with Crippen LogP contribution in [0.3, 0.4) is 0 Å². The lowest BCUT2D eigenvalue weighted by molar-refractivity contribution is -0.153. The third-order valence-corrected chi connectivity index (χ3v) is 10.5. The molecule has 2 aromatic heterocycles. The first-order valence-electron chi connectivity index (χ1n) is 23.9. The Morgan fingerprint density at radius 1 is 0.652 bits per heavy atom. The van der Waals surface area contributed by atoms with Crippen molar-refractivity contribution in [3.05, 3.63) is 175 Å². The van der Waals surface area contributed by atoms with Crippen LogP contribution in [0.5, 0.6) is 0 Å². The predicted octanol–water partition coefficient (Wildman–Crippen LogP) is 13.2. The number of carbonyl (C=O) groups is 2. The minimum atomic E-state index is -0.603. The van der Waals surface area contributed by atoms with Crippen LogP contribution in [0.2, 0.25) is 0 Å². The van der Waals surface area contributed by atoms with Crippen LogP contribution in [0, 0.1) is 5.92 Å². The van der Waals surface area contributed by atoms with Crippen LogP contribution in [0.4, 0.5) is 5.95 Å². The molecule has 3 N–H and O–H groups in total. The molecule has 10 nitrogen and oxygen atoms in total. The number of carbonyl (C=O) groups excluding carboxylic acids is 2. The van der Waals surface area contributed by atoms with E-state index in [9.17, 15) is 14.4 Å². The van der Waals surface area contributed by atoms with E-state index in [-0.39, 0.29) is 42.9 Å². The summed E-state index contributed by atoms with van der Waals surface area (Å²) >= 11 is 0. The maximum absolute atomic E-state index is 13.1. The Morgan fingerprint density at radius 2 is 1.05 bits per heavy atom. The predicted molar refractivity (Wildman–Crippen MR) is 275 cm³/mol. The molecule has 1 saturated carbocycles. The molecule has 354 valence electrons. The maximum Gasteiger partial charge on any atom is 0.306 e. The highest BCUT2D eigenvalue weighted by Crippen LogP contribution is 2.42. The van der Waals surface area contributed by atoms with Gasteiger partial charge in [0.15, 0.2) is 11.2 Å². The van der Waals surface area contributed by atoms with Gasteiger partial charge in [0, 0.05) is 19.3 Å². The standard InChI is InChI=1S/C56H75N5O5/c1-4-6-8-10-12-14-16-18-20-22-24-26-28-30-32-34-36-38-40-42-51(62)65-45-48-47(3)49(61-46-58-53-54(61)59-56(57)60-55(53)64)44-50(48)66-52(63)43-41-39-37-35-33-31-29-27-25-23-21-19-17-15-13-11-9-7-5-2/h6-9,12-15,18-21,24-27,30-33,36-39,46,48-50H,3-5,10-11,16-17,22-23,28-29,34-35,40-45H2,1-2H3,(H3,57,59,60,64)/b8-6-,9-7-,14-12-,15-13-,20-18-,21-19-,26-24-,27-25-,32-30-,33-31-,38-36-,39-37-/t48-,49-,50-/m0/s1. The van der Waals surface area contributed by atoms with Crippen molar-refractivity contribution in [1.82, 2.24) is 19.5 Å². The number of allylic oxidation sites excluding steroid dienone is 24. The van der Waals surface area contributed by atoms with Crippen LogP contribution < -0.4 is 11.3 Å². The highest BCUT2D eigenvalue weighted by molar-refractivity contribution is 5.72. The average molecular weight is 898 g/mol. The van der Waals surface area contributed by atoms with Crippen LogP contribution >= 0.6 is 0 Å². The first-order valence-corrected chi connectivity index (χ1v) is 23.9. The molecule has 2 heterocycles. The van der Waals surface area contributed by atoms with E-state index in [0.717, 1.165) is 77.0 Å². The molecule has 1 aliphatic rings. The van der Waals surface area contributed by atoms with E-state index in [4.69, 9.17) is 15.2 Å². The molecule has 3 rings (SSSR count). The van der Waals surface area contributed by atoms with Gasteiger partial charge in [-0.2, -0.15) is 4.98 Å². The molecule has 0 unspecified atom stereocenters. The van der Waals surface area contributed by atoms with Crippen LogP contribution in [-0.4, -0.2) is 44.2 Å². The summed E-state index contributed by atoms with van der Waals surface area (Å²) in [6, 6.07) is -0.410. The molecule has 0 amide bonds. The van der Waals surface area contributed by atoms with Gasteiger partial charge in [-0.05, 0) is 95.5 Å². The topological polar surface area (TPSA) is 142 Å². The molecule has 66 heavy (non-hydrogen) atoms. The Balaban J connectivity index is 1.41. The van der Waals surface area contributed by atoms with Crippen molar-refractivity contribution in [2.45, 2.75) is 135 Å². The molecular formula is C56H75N5O5. The molecule has 0 bridgehead atoms. The largest absolute Gasteiger partial charge is 0.465 e. The Hall–Kier alpha value is -6.29. The second kappa shape index (κ2) is 35.0. The van der Waals surface area contributed by atoms with Crippen molar-refractivity contribution in [3.8, 4) is 0 Å². The highest BCUT2D eigenvalue weighted by Gasteiger charge is 2.42. The molecule has 2 aromatic rings. The number of hydrogen-bond acceptors (Lipinski definition) is 8. The number of imidazole rings is 1. The van der Waals surface area contributed by atoms with Gasteiger partial charge in [-0.1, -0.05) is 166 Å². The number of anilines is 1. The van der Waals surface area contributed by atoms with Crippen LogP contribution in [0.15, 0.2) is 169 Å². The van der Waals surface area contributed by atoms with Crippen LogP contribution in [-0.2, 0) is 19.1 Å². The fraction of sp³-hybridized carbons (Fsp3) is 0.411. The molecule has 0 spiro atoms. The van der Waals surface area contributed by atoms with E-state index in [1.165, 1.54) is 6.33 Å². The Kier molecular flexibility index (Phi) is 28.7. The fourth-order valence-corrected chi connectivity index (χ4v) is 6.99. The number of esters is 2. The second-order valence-electron chi connectivity index (χ2n) is 15.8. The number of nitrogen functional groups attached to an aromatic ring is 1. The van der Waals surface area contributed by atoms with E-state index in [2.05, 4.69) is 157 Å². The van der Waals surface area contributed by atoms with Crippen LogP contribution in [0.1, 0.15) is 129 Å². The number of hydrogen-bond donors (Lipinski definition) is 2. The molecule has 1 aliphatic carbocycles. The van der Waals surface area contributed by atoms with E-state index < -0.39 is 23.6 Å². The van der Waals surface area contributed by atoms with Gasteiger partial charge in [0.25, 0.3) is 5.56 Å². The molecular weight excluding hydrogens is 823 g/mol. The van der Waals surface area contributed by atoms with Crippen molar-refractivity contribution in [3.63, 3.8) is 0 Å². The third-order valence-electron chi connectivity index (χ3n) is 10.5. The summed E-state index contributed by atoms with van der Waals surface area (Å²) in [5.74, 6) is -1.19. The second-order valence-corrected chi connectivity index (χ2v) is 15.8. The lowest BCUT2D eigenvalue weighted by Gasteiger charge is -2.20. The summed E-state index contributed by atoms with van der Waals surface area (Å²) in [7, 11) is 0. The van der Waals surface area contributed by atoms with Gasteiger partial charge in [-0.3, -0.25) is 19.4 Å². The van der Waals surface area contributed by atoms with Crippen molar-refractivity contribution >= 4 is 29.1 Å². The smallest absolute Gasteiger partial charge is 0.306 e. The summed E-state index contributed by atoms with van der Waals surface area (Å²) < 4.78 is 13.5. The first-order chi connectivity index (χ1) is 32.3. The Labute approximate surface area is 394 Å². The van der Waals surface area contributed by atoms with Gasteiger partial charge in [-0.15, -0.1) is 0 Å². The van der Waals surface area contributed by atoms with Gasteiger partial charge in [0.2, 0.25) is 5.95 Å². The molecule has 1 fully saturated rings. The normalized spacial score (nSPS) is 17.6. The van der Waals surface area contributed by atoms with Gasteiger partial charge >= 0.3 is 11.9 Å². The number of nitrogens with two attached hydrogens (primary N) is 1. The average Bonchev–Trinajstić information content (AvgIpc) is 3.86. The monoisotopic (exact) mass is 898 g/mol. The quantitative estimate of drug-likeness (QED) is 0.0546. The lowest BCUT2D eigenvalue weighted by atomic mass is 10.0. The molecule has 0 aromatic carbocycles. The number of fused-ring (bicyclic) bond motifs is 1. The third kappa shape index (κ3) is 23.1. The van der Waals surface area contributed by atoms with Gasteiger partial charge in [0.1, 0.15) is 12.7 Å². The molecule has 0 saturated heterocycles. The van der Waals surface area contributed by atoms with Crippen molar-refractivity contribution in [1.29, 1.82) is 0 Å². The van der Waals surface area contributed by atoms with Gasteiger partial charge in [0.05, 0.1) is 18.3 Å². The zero-order valence-corrected chi connectivity index (χ0v) is 39.6. The molecule has 0 radical (unpaired) electrons. The van der Waals surface area contributed by atoms with E-state index in [0.29, 0.717) is 30.5 Å². The summed E-state index contributed by atoms with van der Waals surface area (Å²) in [5.41, 5.74) is 6.56. The van der Waals surface area contributed by atoms with Gasteiger partial charge in [-0.25, -0.2) is 4.98 Å². The zero-order chi connectivity index (χ0) is 47.3. The minimum absolute atomic E-state index is 0.00575. The van der Waals surface area contributed by atoms with Crippen molar-refractivity contribution in [2.24, 2.45) is 5.92 Å². The summed E-state index contributed by atoms with van der Waals surface area (Å²) in [5, 5.41) is 0. The number of aromatic amines is 1.